The molecule has 3 rings (SSSR count). The number of rotatable bonds is 9. The molecule has 0 spiro atoms. The van der Waals surface area contributed by atoms with Crippen molar-refractivity contribution in [3.8, 4) is 0 Å². The van der Waals surface area contributed by atoms with E-state index in [1.54, 1.807) is 42.5 Å². The summed E-state index contributed by atoms with van der Waals surface area (Å²) < 4.78 is 28.9. The second kappa shape index (κ2) is 9.87. The Labute approximate surface area is 183 Å². The smallest absolute Gasteiger partial charge is 0.248 e. The van der Waals surface area contributed by atoms with Crippen molar-refractivity contribution in [3.63, 3.8) is 0 Å². The minimum Gasteiger partial charge on any atom is -0.366 e. The lowest BCUT2D eigenvalue weighted by Gasteiger charge is -2.25. The molecule has 3 aromatic rings. The predicted molar refractivity (Wildman–Crippen MR) is 122 cm³/mol. The Morgan fingerprint density at radius 3 is 2.32 bits per heavy atom. The minimum atomic E-state index is -3.70. The molecule has 3 aromatic carbocycles. The number of primary amides is 1. The summed E-state index contributed by atoms with van der Waals surface area (Å²) >= 11 is 0. The van der Waals surface area contributed by atoms with E-state index in [1.165, 1.54) is 0 Å². The molecule has 0 aromatic heterocycles. The maximum absolute atomic E-state index is 13.0. The average Bonchev–Trinajstić information content (AvgIpc) is 2.74. The van der Waals surface area contributed by atoms with Gasteiger partial charge in [-0.15, -0.1) is 0 Å². The largest absolute Gasteiger partial charge is 0.366 e. The molecule has 0 fully saturated rings. The van der Waals surface area contributed by atoms with Crippen molar-refractivity contribution in [2.75, 3.05) is 13.6 Å². The summed E-state index contributed by atoms with van der Waals surface area (Å²) in [5.74, 6) is -0.475. The van der Waals surface area contributed by atoms with E-state index in [9.17, 15) is 13.2 Å². The van der Waals surface area contributed by atoms with E-state index in [-0.39, 0.29) is 4.90 Å². The van der Waals surface area contributed by atoms with Gasteiger partial charge in [-0.2, -0.15) is 0 Å². The molecule has 0 aliphatic rings. The van der Waals surface area contributed by atoms with Crippen molar-refractivity contribution in [3.05, 3.63) is 101 Å². The van der Waals surface area contributed by atoms with Gasteiger partial charge in [0.2, 0.25) is 15.9 Å². The summed E-state index contributed by atoms with van der Waals surface area (Å²) in [4.78, 5) is 13.7. The second-order valence-corrected chi connectivity index (χ2v) is 9.37. The lowest BCUT2D eigenvalue weighted by atomic mass is 10.1. The molecular formula is C24H27N3O3S. The summed E-state index contributed by atoms with van der Waals surface area (Å²) in [5, 5.41) is 0. The zero-order valence-electron chi connectivity index (χ0n) is 17.7. The minimum absolute atomic E-state index is 0.232. The van der Waals surface area contributed by atoms with Gasteiger partial charge in [-0.05, 0) is 49.4 Å². The first-order valence-corrected chi connectivity index (χ1v) is 11.4. The number of aryl methyl sites for hydroxylation is 1. The van der Waals surface area contributed by atoms with Crippen LogP contribution in [0.5, 0.6) is 0 Å². The topological polar surface area (TPSA) is 92.5 Å². The number of carbonyl (C=O) groups is 1. The molecule has 3 N–H and O–H groups in total. The van der Waals surface area contributed by atoms with Gasteiger partial charge in [0.1, 0.15) is 0 Å². The normalized spacial score (nSPS) is 12.6. The Balaban J connectivity index is 1.80. The first kappa shape index (κ1) is 22.7. The summed E-state index contributed by atoms with van der Waals surface area (Å²) in [6.45, 7) is 2.89. The van der Waals surface area contributed by atoms with Crippen molar-refractivity contribution in [2.24, 2.45) is 5.73 Å². The molecule has 0 heterocycles. The van der Waals surface area contributed by atoms with E-state index in [0.717, 1.165) is 16.7 Å². The number of nitrogens with two attached hydrogens (primary N) is 1. The number of hydrogen-bond donors (Lipinski definition) is 2. The zero-order chi connectivity index (χ0) is 22.4. The van der Waals surface area contributed by atoms with Gasteiger partial charge in [-0.25, -0.2) is 13.1 Å². The molecule has 7 heteroatoms. The van der Waals surface area contributed by atoms with Crippen LogP contribution in [0.2, 0.25) is 0 Å². The van der Waals surface area contributed by atoms with Gasteiger partial charge in [0.15, 0.2) is 0 Å². The molecule has 0 aliphatic heterocycles. The predicted octanol–water partition coefficient (Wildman–Crippen LogP) is 3.25. The summed E-state index contributed by atoms with van der Waals surface area (Å²) in [6, 6.07) is 23.0. The van der Waals surface area contributed by atoms with Gasteiger partial charge in [-0.1, -0.05) is 60.2 Å². The van der Waals surface area contributed by atoms with Gasteiger partial charge in [0.05, 0.1) is 10.9 Å². The van der Waals surface area contributed by atoms with Crippen molar-refractivity contribution in [1.82, 2.24) is 9.62 Å². The van der Waals surface area contributed by atoms with Crippen LogP contribution in [0, 0.1) is 6.92 Å². The number of benzene rings is 3. The maximum atomic E-state index is 13.0. The Morgan fingerprint density at radius 2 is 1.68 bits per heavy atom. The first-order chi connectivity index (χ1) is 14.7. The average molecular weight is 438 g/mol. The SMILES string of the molecule is Cc1ccc(S(=O)(=O)NC(CN(C)Cc2cccc(C(N)=O)c2)c2ccccc2)cc1. The van der Waals surface area contributed by atoms with Crippen LogP contribution in [-0.4, -0.2) is 32.8 Å². The van der Waals surface area contributed by atoms with Crippen molar-refractivity contribution < 1.29 is 13.2 Å². The monoisotopic (exact) mass is 437 g/mol. The van der Waals surface area contributed by atoms with E-state index < -0.39 is 22.0 Å². The molecule has 1 atom stereocenters. The van der Waals surface area contributed by atoms with Crippen molar-refractivity contribution in [2.45, 2.75) is 24.4 Å². The molecule has 0 aliphatic carbocycles. The molecule has 0 bridgehead atoms. The highest BCUT2D eigenvalue weighted by atomic mass is 32.2. The van der Waals surface area contributed by atoms with Gasteiger partial charge >= 0.3 is 0 Å². The second-order valence-electron chi connectivity index (χ2n) is 7.66. The number of sulfonamides is 1. The van der Waals surface area contributed by atoms with E-state index in [0.29, 0.717) is 18.7 Å². The van der Waals surface area contributed by atoms with Crippen LogP contribution < -0.4 is 10.5 Å². The number of carbonyl (C=O) groups excluding carboxylic acids is 1. The quantitative estimate of drug-likeness (QED) is 0.537. The summed E-state index contributed by atoms with van der Waals surface area (Å²) in [7, 11) is -1.79. The fourth-order valence-corrected chi connectivity index (χ4v) is 4.60. The van der Waals surface area contributed by atoms with Crippen LogP contribution in [-0.2, 0) is 16.6 Å². The van der Waals surface area contributed by atoms with E-state index in [2.05, 4.69) is 4.72 Å². The number of nitrogens with one attached hydrogen (secondary N) is 1. The Hall–Kier alpha value is -3.00. The first-order valence-electron chi connectivity index (χ1n) is 9.96. The number of likely N-dealkylation sites (N-methyl/N-ethyl adjacent to an activating group) is 1. The fraction of sp³-hybridized carbons (Fsp3) is 0.208. The highest BCUT2D eigenvalue weighted by Crippen LogP contribution is 2.20. The fourth-order valence-electron chi connectivity index (χ4n) is 3.38. The van der Waals surface area contributed by atoms with Crippen LogP contribution in [0.25, 0.3) is 0 Å². The Kier molecular flexibility index (Phi) is 7.22. The summed E-state index contributed by atoms with van der Waals surface area (Å²) in [6.07, 6.45) is 0. The Bertz CT molecular complexity index is 1130. The van der Waals surface area contributed by atoms with Gasteiger partial charge < -0.3 is 10.6 Å². The molecule has 0 saturated carbocycles. The number of nitrogens with zero attached hydrogens (tertiary/aromatic N) is 1. The maximum Gasteiger partial charge on any atom is 0.248 e. The summed E-state index contributed by atoms with van der Waals surface area (Å²) in [5.41, 5.74) is 8.62. The van der Waals surface area contributed by atoms with Crippen LogP contribution in [0.4, 0.5) is 0 Å². The van der Waals surface area contributed by atoms with E-state index >= 15 is 0 Å². The van der Waals surface area contributed by atoms with Crippen molar-refractivity contribution >= 4 is 15.9 Å². The number of hydrogen-bond acceptors (Lipinski definition) is 4. The van der Waals surface area contributed by atoms with Crippen LogP contribution in [0.1, 0.15) is 33.1 Å². The molecule has 1 unspecified atom stereocenters. The standard InChI is InChI=1S/C24H27N3O3S/c1-18-11-13-22(14-12-18)31(29,30)26-23(20-8-4-3-5-9-20)17-27(2)16-19-7-6-10-21(15-19)24(25)28/h3-15,23,26H,16-17H2,1-2H3,(H2,25,28). The van der Waals surface area contributed by atoms with Crippen LogP contribution in [0.3, 0.4) is 0 Å². The third-order valence-corrected chi connectivity index (χ3v) is 6.48. The lowest BCUT2D eigenvalue weighted by molar-refractivity contribution is 0.1000. The molecule has 31 heavy (non-hydrogen) atoms. The van der Waals surface area contributed by atoms with E-state index in [4.69, 9.17) is 5.73 Å². The highest BCUT2D eigenvalue weighted by Gasteiger charge is 2.22. The van der Waals surface area contributed by atoms with E-state index in [1.807, 2.05) is 55.3 Å². The Morgan fingerprint density at radius 1 is 1.00 bits per heavy atom. The third kappa shape index (κ3) is 6.24. The van der Waals surface area contributed by atoms with Gasteiger partial charge in [-0.3, -0.25) is 4.79 Å². The molecule has 0 radical (unpaired) electrons. The zero-order valence-corrected chi connectivity index (χ0v) is 18.5. The van der Waals surface area contributed by atoms with Crippen LogP contribution >= 0.6 is 0 Å². The highest BCUT2D eigenvalue weighted by molar-refractivity contribution is 7.89. The third-order valence-electron chi connectivity index (χ3n) is 4.99. The lowest BCUT2D eigenvalue weighted by Crippen LogP contribution is -2.36. The molecule has 6 nitrogen and oxygen atoms in total. The van der Waals surface area contributed by atoms with Gasteiger partial charge in [0, 0.05) is 18.7 Å². The molecule has 162 valence electrons. The van der Waals surface area contributed by atoms with Crippen LogP contribution in [0.15, 0.2) is 83.8 Å². The number of amides is 1. The molecular weight excluding hydrogens is 410 g/mol. The van der Waals surface area contributed by atoms with Crippen molar-refractivity contribution in [1.29, 1.82) is 0 Å². The van der Waals surface area contributed by atoms with Gasteiger partial charge in [0.25, 0.3) is 0 Å². The molecule has 1 amide bonds. The molecule has 0 saturated heterocycles.